The fourth-order valence-electron chi connectivity index (χ4n) is 5.87. The molecule has 0 bridgehead atoms. The Morgan fingerprint density at radius 2 is 1.70 bits per heavy atom. The summed E-state index contributed by atoms with van der Waals surface area (Å²) in [6.07, 6.45) is 8.62. The molecule has 1 saturated carbocycles. The molecule has 3 N–H and O–H groups in total. The summed E-state index contributed by atoms with van der Waals surface area (Å²) in [5.74, 6) is 0. The molecule has 11 heteroatoms. The van der Waals surface area contributed by atoms with Gasteiger partial charge in [-0.3, -0.25) is 14.2 Å². The van der Waals surface area contributed by atoms with Crippen molar-refractivity contribution in [1.82, 2.24) is 24.5 Å². The SMILES string of the molecule is CNc1cc(CN)c2nn(C)cc2c1.Cn1cc2c(N3CCC(N(C(=O)OC(C)(C)C)C4CC4)CC3)ccc(C=O)c2n1. The molecule has 230 valence electrons. The number of nitrogens with one attached hydrogen (secondary N) is 1. The molecule has 0 atom stereocenters. The van der Waals surface area contributed by atoms with Gasteiger partial charge in [0, 0.05) is 93.0 Å². The molecule has 2 aromatic heterocycles. The van der Waals surface area contributed by atoms with Crippen molar-refractivity contribution in [3.05, 3.63) is 47.8 Å². The zero-order valence-electron chi connectivity index (χ0n) is 26.1. The summed E-state index contributed by atoms with van der Waals surface area (Å²) in [6, 6.07) is 8.52. The van der Waals surface area contributed by atoms with Crippen LogP contribution in [0.2, 0.25) is 0 Å². The molecule has 2 aliphatic rings. The first-order valence-electron chi connectivity index (χ1n) is 15.0. The highest BCUT2D eigenvalue weighted by atomic mass is 16.6. The number of hydrogen-bond acceptors (Lipinski definition) is 8. The molecule has 11 nitrogen and oxygen atoms in total. The first kappa shape index (κ1) is 30.3. The minimum atomic E-state index is -0.475. The number of amides is 1. The second kappa shape index (κ2) is 12.2. The molecule has 0 radical (unpaired) electrons. The van der Waals surface area contributed by atoms with Crippen molar-refractivity contribution >= 4 is 45.6 Å². The fourth-order valence-corrected chi connectivity index (χ4v) is 5.87. The van der Waals surface area contributed by atoms with Gasteiger partial charge in [-0.05, 0) is 76.3 Å². The number of nitrogens with zero attached hydrogens (tertiary/aromatic N) is 6. The Morgan fingerprint density at radius 3 is 2.30 bits per heavy atom. The Kier molecular flexibility index (Phi) is 8.64. The summed E-state index contributed by atoms with van der Waals surface area (Å²) in [6.45, 7) is 7.99. The molecule has 4 aromatic rings. The zero-order chi connectivity index (χ0) is 30.9. The van der Waals surface area contributed by atoms with E-state index in [1.165, 1.54) is 0 Å². The first-order valence-corrected chi connectivity index (χ1v) is 15.0. The van der Waals surface area contributed by atoms with Gasteiger partial charge in [-0.25, -0.2) is 4.79 Å². The van der Waals surface area contributed by atoms with E-state index in [0.717, 1.165) is 83.8 Å². The number of benzene rings is 2. The van der Waals surface area contributed by atoms with Crippen LogP contribution in [0.25, 0.3) is 21.8 Å². The van der Waals surface area contributed by atoms with Gasteiger partial charge >= 0.3 is 6.09 Å². The highest BCUT2D eigenvalue weighted by molar-refractivity contribution is 6.01. The summed E-state index contributed by atoms with van der Waals surface area (Å²) in [4.78, 5) is 28.5. The summed E-state index contributed by atoms with van der Waals surface area (Å²) in [5.41, 5.74) is 10.8. The first-order chi connectivity index (χ1) is 20.5. The molecule has 0 spiro atoms. The molecule has 1 saturated heterocycles. The molecule has 43 heavy (non-hydrogen) atoms. The van der Waals surface area contributed by atoms with E-state index >= 15 is 0 Å². The van der Waals surface area contributed by atoms with Gasteiger partial charge in [-0.1, -0.05) is 0 Å². The van der Waals surface area contributed by atoms with Gasteiger partial charge in [-0.15, -0.1) is 0 Å². The summed E-state index contributed by atoms with van der Waals surface area (Å²) in [7, 11) is 5.69. The predicted molar refractivity (Wildman–Crippen MR) is 171 cm³/mol. The van der Waals surface area contributed by atoms with Crippen LogP contribution < -0.4 is 16.0 Å². The molecule has 2 aromatic carbocycles. The molecule has 1 aliphatic heterocycles. The van der Waals surface area contributed by atoms with Crippen molar-refractivity contribution in [2.24, 2.45) is 19.8 Å². The van der Waals surface area contributed by atoms with Crippen molar-refractivity contribution in [1.29, 1.82) is 0 Å². The van der Waals surface area contributed by atoms with Crippen LogP contribution in [-0.2, 0) is 25.4 Å². The number of anilines is 2. The number of nitrogens with two attached hydrogens (primary N) is 1. The third-order valence-corrected chi connectivity index (χ3v) is 7.98. The third kappa shape index (κ3) is 6.77. The maximum Gasteiger partial charge on any atom is 0.410 e. The molecular weight excluding hydrogens is 544 g/mol. The average molecular weight is 589 g/mol. The lowest BCUT2D eigenvalue weighted by Crippen LogP contribution is -2.50. The van der Waals surface area contributed by atoms with E-state index in [1.54, 1.807) is 4.68 Å². The van der Waals surface area contributed by atoms with Crippen LogP contribution in [0.5, 0.6) is 0 Å². The van der Waals surface area contributed by atoms with Crippen molar-refractivity contribution in [2.75, 3.05) is 30.4 Å². The van der Waals surface area contributed by atoms with Gasteiger partial charge < -0.3 is 25.6 Å². The topological polar surface area (TPSA) is 124 Å². The quantitative estimate of drug-likeness (QED) is 0.307. The standard InChI is InChI=1S/C22H30N4O3.C10H14N4/c1-22(2,3)29-21(28)26(16-6-7-16)17-9-11-25(12-10-17)19-8-5-15(14-27)20-18(19)13-24(4)23-20;1-12-9-3-7(5-11)10-8(4-9)6-14(2)13-10/h5,8,13-14,16-17H,6-7,9-12H2,1-4H3;3-4,6,12H,5,11H2,1-2H3. The van der Waals surface area contributed by atoms with E-state index in [1.807, 2.05) is 82.1 Å². The monoisotopic (exact) mass is 588 g/mol. The van der Waals surface area contributed by atoms with Crippen molar-refractivity contribution in [3.63, 3.8) is 0 Å². The molecule has 2 fully saturated rings. The largest absolute Gasteiger partial charge is 0.444 e. The fraction of sp³-hybridized carbons (Fsp3) is 0.500. The summed E-state index contributed by atoms with van der Waals surface area (Å²) in [5, 5.41) is 14.1. The van der Waals surface area contributed by atoms with E-state index < -0.39 is 5.60 Å². The van der Waals surface area contributed by atoms with Crippen LogP contribution in [0.3, 0.4) is 0 Å². The molecule has 3 heterocycles. The van der Waals surface area contributed by atoms with Crippen LogP contribution in [-0.4, -0.2) is 74.7 Å². The lowest BCUT2D eigenvalue weighted by Gasteiger charge is -2.40. The normalized spacial score (nSPS) is 15.7. The summed E-state index contributed by atoms with van der Waals surface area (Å²) < 4.78 is 9.25. The molecule has 1 amide bonds. The van der Waals surface area contributed by atoms with E-state index in [0.29, 0.717) is 18.2 Å². The number of rotatable bonds is 6. The van der Waals surface area contributed by atoms with Gasteiger partial charge in [0.25, 0.3) is 0 Å². The third-order valence-electron chi connectivity index (χ3n) is 7.98. The second-order valence-corrected chi connectivity index (χ2v) is 12.5. The lowest BCUT2D eigenvalue weighted by molar-refractivity contribution is 0.0114. The number of aryl methyl sites for hydroxylation is 2. The Bertz CT molecular complexity index is 1610. The van der Waals surface area contributed by atoms with E-state index in [2.05, 4.69) is 26.5 Å². The van der Waals surface area contributed by atoms with Crippen molar-refractivity contribution in [2.45, 2.75) is 70.7 Å². The lowest BCUT2D eigenvalue weighted by atomic mass is 10.0. The number of carbonyl (C=O) groups is 2. The Hall–Kier alpha value is -4.12. The number of ether oxygens (including phenoxy) is 1. The van der Waals surface area contributed by atoms with Crippen LogP contribution >= 0.6 is 0 Å². The van der Waals surface area contributed by atoms with Crippen LogP contribution in [0, 0.1) is 0 Å². The molecule has 0 unspecified atom stereocenters. The van der Waals surface area contributed by atoms with Gasteiger partial charge in [0.1, 0.15) is 11.1 Å². The van der Waals surface area contributed by atoms with Crippen LogP contribution in [0.1, 0.15) is 62.4 Å². The van der Waals surface area contributed by atoms with Gasteiger partial charge in [0.2, 0.25) is 0 Å². The van der Waals surface area contributed by atoms with Gasteiger partial charge in [0.15, 0.2) is 6.29 Å². The Labute approximate surface area is 252 Å². The number of hydrogen-bond donors (Lipinski definition) is 2. The maximum absolute atomic E-state index is 12.8. The Balaban J connectivity index is 0.000000220. The number of aldehydes is 1. The number of aromatic nitrogens is 4. The minimum Gasteiger partial charge on any atom is -0.444 e. The highest BCUT2D eigenvalue weighted by Gasteiger charge is 2.40. The molecule has 6 rings (SSSR count). The van der Waals surface area contributed by atoms with Gasteiger partial charge in [0.05, 0.1) is 5.52 Å². The average Bonchev–Trinajstić information content (AvgIpc) is 3.59. The number of carbonyl (C=O) groups excluding carboxylic acids is 2. The maximum atomic E-state index is 12.8. The van der Waals surface area contributed by atoms with Crippen molar-refractivity contribution in [3.8, 4) is 0 Å². The number of fused-ring (bicyclic) bond motifs is 2. The number of piperidine rings is 1. The highest BCUT2D eigenvalue weighted by Crippen LogP contribution is 2.35. The smallest absolute Gasteiger partial charge is 0.410 e. The molecular formula is C32H44N8O3. The second-order valence-electron chi connectivity index (χ2n) is 12.5. The van der Waals surface area contributed by atoms with E-state index in [9.17, 15) is 9.59 Å². The molecule has 1 aliphatic carbocycles. The summed E-state index contributed by atoms with van der Waals surface area (Å²) >= 11 is 0. The zero-order valence-corrected chi connectivity index (χ0v) is 26.1. The van der Waals surface area contributed by atoms with Crippen LogP contribution in [0.4, 0.5) is 16.2 Å². The van der Waals surface area contributed by atoms with Crippen molar-refractivity contribution < 1.29 is 14.3 Å². The Morgan fingerprint density at radius 1 is 1.05 bits per heavy atom. The van der Waals surface area contributed by atoms with Gasteiger partial charge in [-0.2, -0.15) is 10.2 Å². The van der Waals surface area contributed by atoms with E-state index in [4.69, 9.17) is 10.5 Å². The van der Waals surface area contributed by atoms with Crippen LogP contribution in [0.15, 0.2) is 36.7 Å². The predicted octanol–water partition coefficient (Wildman–Crippen LogP) is 4.83. The minimum absolute atomic E-state index is 0.177. The van der Waals surface area contributed by atoms with E-state index in [-0.39, 0.29) is 12.1 Å².